The lowest BCUT2D eigenvalue weighted by atomic mass is 9.97. The van der Waals surface area contributed by atoms with Gasteiger partial charge in [0.05, 0.1) is 20.3 Å². The number of carbonyl (C=O) groups is 2. The molecule has 6 aromatic rings. The number of piperidine rings is 2. The quantitative estimate of drug-likeness (QED) is 0.169. The molecule has 4 aromatic carbocycles. The zero-order valence-electron chi connectivity index (χ0n) is 34.0. The van der Waals surface area contributed by atoms with E-state index in [0.717, 1.165) is 56.3 Å². The number of hydrogen-bond acceptors (Lipinski definition) is 9. The van der Waals surface area contributed by atoms with Gasteiger partial charge in [-0.1, -0.05) is 36.4 Å². The first kappa shape index (κ1) is 39.2. The van der Waals surface area contributed by atoms with Crippen LogP contribution in [0.3, 0.4) is 0 Å². The standard InChI is InChI=1S/C24H25N3O4.C23H23N3O3/c1-16-21-5-3-17(13-19(21)7-10-25-16)18-4-6-22-20(14-18)15-30-24(31-22)8-11-27(12-9-24)23(28)26-29-2;1-15-20-4-2-16(12-18(20)6-9-25-15)17-3-5-21-19(13-17)14-28-23(29-21)7-10-26(11-8-23)22(24)27/h3-7,10,13-14H,8-9,11-12,15H2,1-2H3,(H,26,28);2-6,9,12-13H,7-8,10-11,14H2,1H3,(H2,24,27). The van der Waals surface area contributed by atoms with E-state index >= 15 is 0 Å². The lowest BCUT2D eigenvalue weighted by Crippen LogP contribution is -2.54. The number of hydrogen-bond donors (Lipinski definition) is 2. The van der Waals surface area contributed by atoms with Crippen molar-refractivity contribution in [1.29, 1.82) is 0 Å². The second-order valence-electron chi connectivity index (χ2n) is 15.8. The van der Waals surface area contributed by atoms with E-state index in [4.69, 9.17) is 29.5 Å². The third-order valence-corrected chi connectivity index (χ3v) is 12.1. The first-order valence-corrected chi connectivity index (χ1v) is 20.4. The van der Waals surface area contributed by atoms with Crippen molar-refractivity contribution in [2.45, 2.75) is 64.3 Å². The van der Waals surface area contributed by atoms with Gasteiger partial charge in [-0.3, -0.25) is 14.8 Å². The van der Waals surface area contributed by atoms with E-state index in [2.05, 4.69) is 76.1 Å². The van der Waals surface area contributed by atoms with Gasteiger partial charge in [-0.15, -0.1) is 0 Å². The van der Waals surface area contributed by atoms with E-state index < -0.39 is 11.6 Å². The van der Waals surface area contributed by atoms with Gasteiger partial charge in [0, 0.05) is 97.5 Å². The number of benzene rings is 4. The summed E-state index contributed by atoms with van der Waals surface area (Å²) >= 11 is 0. The highest BCUT2D eigenvalue weighted by Crippen LogP contribution is 2.41. The smallest absolute Gasteiger partial charge is 0.341 e. The maximum Gasteiger partial charge on any atom is 0.341 e. The average molecular weight is 809 g/mol. The number of aromatic nitrogens is 2. The molecule has 4 aliphatic rings. The van der Waals surface area contributed by atoms with Crippen LogP contribution in [0.4, 0.5) is 9.59 Å². The van der Waals surface area contributed by atoms with Crippen LogP contribution in [0.5, 0.6) is 11.5 Å². The third-order valence-electron chi connectivity index (χ3n) is 12.1. The molecular weight excluding hydrogens is 761 g/mol. The molecule has 2 aromatic heterocycles. The molecule has 0 saturated carbocycles. The number of aryl methyl sites for hydroxylation is 2. The number of primary amides is 1. The Bertz CT molecular complexity index is 2600. The maximum absolute atomic E-state index is 11.9. The van der Waals surface area contributed by atoms with Gasteiger partial charge in [-0.25, -0.2) is 15.1 Å². The van der Waals surface area contributed by atoms with Crippen LogP contribution in [-0.4, -0.2) is 76.7 Å². The van der Waals surface area contributed by atoms with E-state index in [0.29, 0.717) is 65.1 Å². The Balaban J connectivity index is 0.000000154. The zero-order valence-corrected chi connectivity index (χ0v) is 34.0. The van der Waals surface area contributed by atoms with Crippen molar-refractivity contribution in [3.8, 4) is 33.8 Å². The summed E-state index contributed by atoms with van der Waals surface area (Å²) in [6.45, 7) is 7.24. The molecule has 2 saturated heterocycles. The second-order valence-corrected chi connectivity index (χ2v) is 15.8. The third kappa shape index (κ3) is 7.79. The molecule has 308 valence electrons. The summed E-state index contributed by atoms with van der Waals surface area (Å²) in [6.07, 6.45) is 6.16. The maximum atomic E-state index is 11.9. The molecule has 60 heavy (non-hydrogen) atoms. The largest absolute Gasteiger partial charge is 0.462 e. The number of urea groups is 2. The summed E-state index contributed by atoms with van der Waals surface area (Å²) in [5.74, 6) is 0.374. The monoisotopic (exact) mass is 808 g/mol. The van der Waals surface area contributed by atoms with Gasteiger partial charge in [0.2, 0.25) is 11.6 Å². The second kappa shape index (κ2) is 16.1. The normalized spacial score (nSPS) is 17.5. The molecule has 0 atom stereocenters. The summed E-state index contributed by atoms with van der Waals surface area (Å²) in [5.41, 5.74) is 16.4. The van der Waals surface area contributed by atoms with Crippen molar-refractivity contribution in [3.63, 3.8) is 0 Å². The van der Waals surface area contributed by atoms with Gasteiger partial charge in [0.25, 0.3) is 0 Å². The minimum atomic E-state index is -0.675. The molecule has 0 unspecified atom stereocenters. The van der Waals surface area contributed by atoms with E-state index in [1.165, 1.54) is 28.7 Å². The minimum Gasteiger partial charge on any atom is -0.462 e. The number of fused-ring (bicyclic) bond motifs is 4. The van der Waals surface area contributed by atoms with E-state index in [1.54, 1.807) is 9.80 Å². The van der Waals surface area contributed by atoms with Gasteiger partial charge < -0.3 is 34.5 Å². The molecule has 6 heterocycles. The van der Waals surface area contributed by atoms with Crippen LogP contribution in [-0.2, 0) is 27.5 Å². The lowest BCUT2D eigenvalue weighted by Gasteiger charge is -2.43. The molecule has 10 rings (SSSR count). The first-order chi connectivity index (χ1) is 29.1. The fraction of sp³-hybridized carbons (Fsp3) is 0.319. The number of likely N-dealkylation sites (tertiary alicyclic amines) is 2. The summed E-state index contributed by atoms with van der Waals surface area (Å²) in [7, 11) is 1.43. The highest BCUT2D eigenvalue weighted by molar-refractivity contribution is 5.90. The van der Waals surface area contributed by atoms with Crippen LogP contribution < -0.4 is 20.7 Å². The Labute approximate surface area is 348 Å². The topological polar surface area (TPSA) is 151 Å². The Morgan fingerprint density at radius 3 is 1.52 bits per heavy atom. The number of ether oxygens (including phenoxy) is 4. The zero-order chi connectivity index (χ0) is 41.4. The summed E-state index contributed by atoms with van der Waals surface area (Å²) in [5, 5.41) is 4.70. The van der Waals surface area contributed by atoms with Crippen molar-refractivity contribution in [2.24, 2.45) is 5.73 Å². The molecular formula is C47H48N6O7. The molecule has 2 spiro atoms. The number of nitrogens with two attached hydrogens (primary N) is 1. The Hall–Kier alpha value is -6.28. The van der Waals surface area contributed by atoms with Crippen molar-refractivity contribution in [1.82, 2.24) is 25.2 Å². The van der Waals surface area contributed by atoms with Gasteiger partial charge >= 0.3 is 12.1 Å². The molecule has 4 amide bonds. The molecule has 0 radical (unpaired) electrons. The number of rotatable bonds is 3. The number of pyridine rings is 2. The van der Waals surface area contributed by atoms with Crippen LogP contribution in [0.15, 0.2) is 97.3 Å². The molecule has 0 bridgehead atoms. The molecule has 0 aliphatic carbocycles. The van der Waals surface area contributed by atoms with E-state index in [9.17, 15) is 9.59 Å². The van der Waals surface area contributed by atoms with Crippen LogP contribution in [0.2, 0.25) is 0 Å². The van der Waals surface area contributed by atoms with Crippen LogP contribution in [0, 0.1) is 13.8 Å². The first-order valence-electron chi connectivity index (χ1n) is 20.4. The fourth-order valence-corrected chi connectivity index (χ4v) is 8.60. The highest BCUT2D eigenvalue weighted by Gasteiger charge is 2.43. The van der Waals surface area contributed by atoms with Crippen molar-refractivity contribution >= 4 is 33.6 Å². The van der Waals surface area contributed by atoms with Gasteiger partial charge in [0.1, 0.15) is 11.5 Å². The number of carbonyl (C=O) groups excluding carboxylic acids is 2. The number of amides is 4. The van der Waals surface area contributed by atoms with E-state index in [-0.39, 0.29) is 12.1 Å². The van der Waals surface area contributed by atoms with Crippen molar-refractivity contribution in [3.05, 3.63) is 120 Å². The summed E-state index contributed by atoms with van der Waals surface area (Å²) in [6, 6.07) is 28.9. The fourth-order valence-electron chi connectivity index (χ4n) is 8.60. The Morgan fingerprint density at radius 2 is 1.07 bits per heavy atom. The summed E-state index contributed by atoms with van der Waals surface area (Å²) in [4.78, 5) is 40.1. The molecule has 13 nitrogen and oxygen atoms in total. The highest BCUT2D eigenvalue weighted by atomic mass is 16.7. The number of nitrogens with zero attached hydrogens (tertiary/aromatic N) is 4. The Morgan fingerprint density at radius 1 is 0.633 bits per heavy atom. The van der Waals surface area contributed by atoms with Crippen LogP contribution in [0.25, 0.3) is 43.8 Å². The van der Waals surface area contributed by atoms with Crippen LogP contribution in [0.1, 0.15) is 48.2 Å². The predicted molar refractivity (Wildman–Crippen MR) is 227 cm³/mol. The van der Waals surface area contributed by atoms with Gasteiger partial charge in [-0.2, -0.15) is 0 Å². The van der Waals surface area contributed by atoms with Crippen molar-refractivity contribution in [2.75, 3.05) is 33.3 Å². The average Bonchev–Trinajstić information content (AvgIpc) is 3.27. The number of nitrogens with one attached hydrogen (secondary N) is 1. The molecule has 3 N–H and O–H groups in total. The SMILES string of the molecule is CONC(=O)N1CCC2(CC1)OCc1cc(-c3ccc4c(C)nccc4c3)ccc1O2.Cc1nccc2cc(-c3ccc4c(c3)COC3(CCN(C(N)=O)CC3)O4)ccc12. The van der Waals surface area contributed by atoms with E-state index in [1.807, 2.05) is 50.5 Å². The molecule has 2 fully saturated rings. The Kier molecular flexibility index (Phi) is 10.5. The van der Waals surface area contributed by atoms with Crippen molar-refractivity contribution < 1.29 is 33.4 Å². The van der Waals surface area contributed by atoms with Crippen LogP contribution >= 0.6 is 0 Å². The predicted octanol–water partition coefficient (Wildman–Crippen LogP) is 8.17. The summed E-state index contributed by atoms with van der Waals surface area (Å²) < 4.78 is 24.9. The van der Waals surface area contributed by atoms with Gasteiger partial charge in [-0.05, 0) is 95.4 Å². The minimum absolute atomic E-state index is 0.237. The molecule has 13 heteroatoms. The molecule has 4 aliphatic heterocycles. The number of hydroxylamine groups is 1. The lowest BCUT2D eigenvalue weighted by molar-refractivity contribution is -0.225. The van der Waals surface area contributed by atoms with Gasteiger partial charge in [0.15, 0.2) is 0 Å².